The van der Waals surface area contributed by atoms with Gasteiger partial charge in [-0.3, -0.25) is 4.79 Å². The second-order valence-electron chi connectivity index (χ2n) is 7.41. The molecule has 0 unspecified atom stereocenters. The van der Waals surface area contributed by atoms with Crippen LogP contribution in [0.1, 0.15) is 12.5 Å². The van der Waals surface area contributed by atoms with E-state index in [1.807, 2.05) is 60.4 Å². The fourth-order valence-corrected chi connectivity index (χ4v) is 7.73. The normalized spacial score (nSPS) is 23.0. The number of carbonyl (C=O) groups is 1. The summed E-state index contributed by atoms with van der Waals surface area (Å²) in [6, 6.07) is 14.5. The molecule has 7 nitrogen and oxygen atoms in total. The van der Waals surface area contributed by atoms with Crippen LogP contribution in [0.3, 0.4) is 0 Å². The molecule has 9 heteroatoms. The molecule has 0 N–H and O–H groups in total. The minimum Gasteiger partial charge on any atom is -0.497 e. The first-order valence-electron chi connectivity index (χ1n) is 10.0. The number of fused-ring (bicyclic) bond motifs is 1. The summed E-state index contributed by atoms with van der Waals surface area (Å²) < 4.78 is 35.1. The highest BCUT2D eigenvalue weighted by Gasteiger charge is 2.49. The number of sulfone groups is 1. The largest absolute Gasteiger partial charge is 0.497 e. The number of hydrogen-bond acceptors (Lipinski definition) is 6. The van der Waals surface area contributed by atoms with Gasteiger partial charge in [0.05, 0.1) is 37.7 Å². The molecule has 0 saturated carbocycles. The number of ether oxygens (including phenoxy) is 2. The predicted molar refractivity (Wildman–Crippen MR) is 123 cm³/mol. The van der Waals surface area contributed by atoms with Gasteiger partial charge in [0.25, 0.3) is 5.91 Å². The molecule has 164 valence electrons. The minimum absolute atomic E-state index is 0.0591. The minimum atomic E-state index is -3.11. The van der Waals surface area contributed by atoms with Crippen LogP contribution in [0.5, 0.6) is 11.5 Å². The maximum absolute atomic E-state index is 12.7. The maximum Gasteiger partial charge on any atom is 0.252 e. The lowest BCUT2D eigenvalue weighted by Gasteiger charge is -2.24. The Morgan fingerprint density at radius 1 is 1.10 bits per heavy atom. The molecule has 0 spiro atoms. The zero-order chi connectivity index (χ0) is 22.0. The van der Waals surface area contributed by atoms with Crippen LogP contribution in [0.25, 0.3) is 0 Å². The summed E-state index contributed by atoms with van der Waals surface area (Å²) in [5.74, 6) is 1.35. The number of carbonyl (C=O) groups excluding carboxylic acids is 1. The van der Waals surface area contributed by atoms with Crippen LogP contribution in [0.2, 0.25) is 0 Å². The second kappa shape index (κ2) is 8.92. The molecule has 1 amide bonds. The number of anilines is 1. The van der Waals surface area contributed by atoms with E-state index in [0.717, 1.165) is 22.7 Å². The Bertz CT molecular complexity index is 1080. The Morgan fingerprint density at radius 2 is 1.77 bits per heavy atom. The van der Waals surface area contributed by atoms with Gasteiger partial charge < -0.3 is 14.4 Å². The van der Waals surface area contributed by atoms with Gasteiger partial charge in [0.2, 0.25) is 0 Å². The molecule has 31 heavy (non-hydrogen) atoms. The zero-order valence-electron chi connectivity index (χ0n) is 17.4. The standard InChI is InChI=1S/C22H24N2O5S2/c1-3-29-18-10-6-16(7-11-18)24-19-13-31(26,27)14-20(19)30-22(24)23-21(25)12-15-4-8-17(28-2)9-5-15/h4-11,19-20H,3,12-14H2,1-2H3/t19-,20+/m1/s1. The van der Waals surface area contributed by atoms with Crippen molar-refractivity contribution in [2.24, 2.45) is 4.99 Å². The highest BCUT2D eigenvalue weighted by atomic mass is 32.2. The molecule has 2 aliphatic heterocycles. The van der Waals surface area contributed by atoms with Crippen LogP contribution in [0.4, 0.5) is 5.69 Å². The lowest BCUT2D eigenvalue weighted by atomic mass is 10.1. The van der Waals surface area contributed by atoms with Crippen molar-refractivity contribution in [3.05, 3.63) is 54.1 Å². The molecule has 4 rings (SSSR count). The fraction of sp³-hybridized carbons (Fsp3) is 0.364. The van der Waals surface area contributed by atoms with Crippen molar-refractivity contribution in [3.63, 3.8) is 0 Å². The molecule has 0 aromatic heterocycles. The van der Waals surface area contributed by atoms with Crippen LogP contribution in [0.15, 0.2) is 53.5 Å². The van der Waals surface area contributed by atoms with Crippen LogP contribution in [-0.4, -0.2) is 56.0 Å². The van der Waals surface area contributed by atoms with Gasteiger partial charge in [0.15, 0.2) is 15.0 Å². The fourth-order valence-electron chi connectivity index (χ4n) is 3.80. The van der Waals surface area contributed by atoms with Crippen LogP contribution in [-0.2, 0) is 21.1 Å². The average Bonchev–Trinajstić information content (AvgIpc) is 3.20. The molecule has 2 heterocycles. The topological polar surface area (TPSA) is 85.3 Å². The van der Waals surface area contributed by atoms with Gasteiger partial charge in [-0.25, -0.2) is 8.42 Å². The van der Waals surface area contributed by atoms with E-state index in [4.69, 9.17) is 9.47 Å². The number of amidine groups is 1. The molecule has 0 radical (unpaired) electrons. The van der Waals surface area contributed by atoms with Gasteiger partial charge in [-0.2, -0.15) is 4.99 Å². The molecule has 2 aromatic carbocycles. The summed E-state index contributed by atoms with van der Waals surface area (Å²) in [4.78, 5) is 18.9. The van der Waals surface area contributed by atoms with E-state index < -0.39 is 9.84 Å². The zero-order valence-corrected chi connectivity index (χ0v) is 19.0. The molecule has 2 fully saturated rings. The summed E-state index contributed by atoms with van der Waals surface area (Å²) in [7, 11) is -1.52. The van der Waals surface area contributed by atoms with Gasteiger partial charge in [-0.15, -0.1) is 0 Å². The Kier molecular flexibility index (Phi) is 6.24. The third-order valence-corrected chi connectivity index (χ3v) is 8.44. The molecule has 0 aliphatic carbocycles. The summed E-state index contributed by atoms with van der Waals surface area (Å²) >= 11 is 1.37. The van der Waals surface area contributed by atoms with Crippen molar-refractivity contribution in [2.75, 3.05) is 30.1 Å². The van der Waals surface area contributed by atoms with Crippen LogP contribution < -0.4 is 14.4 Å². The number of benzene rings is 2. The van der Waals surface area contributed by atoms with Crippen molar-refractivity contribution in [2.45, 2.75) is 24.6 Å². The first kappa shape index (κ1) is 21.7. The molecule has 2 aliphatic rings. The van der Waals surface area contributed by atoms with Crippen molar-refractivity contribution >= 4 is 38.4 Å². The Hall–Kier alpha value is -2.52. The van der Waals surface area contributed by atoms with E-state index in [2.05, 4.69) is 4.99 Å². The maximum atomic E-state index is 12.7. The van der Waals surface area contributed by atoms with Gasteiger partial charge in [-0.1, -0.05) is 23.9 Å². The van der Waals surface area contributed by atoms with E-state index in [-0.39, 0.29) is 35.1 Å². The lowest BCUT2D eigenvalue weighted by Crippen LogP contribution is -2.37. The molecule has 2 atom stereocenters. The number of amides is 1. The van der Waals surface area contributed by atoms with Gasteiger partial charge in [0, 0.05) is 10.9 Å². The summed E-state index contributed by atoms with van der Waals surface area (Å²) in [5, 5.41) is 0.414. The van der Waals surface area contributed by atoms with E-state index >= 15 is 0 Å². The Labute approximate surface area is 186 Å². The third-order valence-electron chi connectivity index (χ3n) is 5.23. The average molecular weight is 461 g/mol. The summed E-state index contributed by atoms with van der Waals surface area (Å²) in [5.41, 5.74) is 1.64. The second-order valence-corrected chi connectivity index (χ2v) is 10.8. The molecule has 2 aromatic rings. The number of thioether (sulfide) groups is 1. The van der Waals surface area contributed by atoms with Crippen molar-refractivity contribution in [1.82, 2.24) is 0 Å². The number of hydrogen-bond donors (Lipinski definition) is 0. The highest BCUT2D eigenvalue weighted by molar-refractivity contribution is 8.16. The quantitative estimate of drug-likeness (QED) is 0.655. The van der Waals surface area contributed by atoms with E-state index in [0.29, 0.717) is 11.8 Å². The van der Waals surface area contributed by atoms with Crippen molar-refractivity contribution < 1.29 is 22.7 Å². The predicted octanol–water partition coefficient (Wildman–Crippen LogP) is 2.94. The van der Waals surface area contributed by atoms with Gasteiger partial charge in [0.1, 0.15) is 11.5 Å². The summed E-state index contributed by atoms with van der Waals surface area (Å²) in [6.45, 7) is 2.48. The molecular formula is C22H24N2O5S2. The SMILES string of the molecule is CCOc1ccc(N2C(=NC(=O)Cc3ccc(OC)cc3)S[C@H]3CS(=O)(=O)C[C@H]32)cc1. The smallest absolute Gasteiger partial charge is 0.252 e. The van der Waals surface area contributed by atoms with E-state index in [9.17, 15) is 13.2 Å². The van der Waals surface area contributed by atoms with Crippen molar-refractivity contribution in [3.8, 4) is 11.5 Å². The summed E-state index contributed by atoms with van der Waals surface area (Å²) in [6.07, 6.45) is 0.165. The Morgan fingerprint density at radius 3 is 2.42 bits per heavy atom. The third kappa shape index (κ3) is 4.88. The highest BCUT2D eigenvalue weighted by Crippen LogP contribution is 2.41. The number of nitrogens with zero attached hydrogens (tertiary/aromatic N) is 2. The molecule has 0 bridgehead atoms. The number of methoxy groups -OCH3 is 1. The van der Waals surface area contributed by atoms with Crippen LogP contribution in [0, 0.1) is 0 Å². The number of rotatable bonds is 6. The van der Waals surface area contributed by atoms with E-state index in [1.54, 1.807) is 7.11 Å². The van der Waals surface area contributed by atoms with Gasteiger partial charge >= 0.3 is 0 Å². The van der Waals surface area contributed by atoms with Gasteiger partial charge in [-0.05, 0) is 48.9 Å². The van der Waals surface area contributed by atoms with E-state index in [1.165, 1.54) is 11.8 Å². The monoisotopic (exact) mass is 460 g/mol. The first-order chi connectivity index (χ1) is 14.9. The lowest BCUT2D eigenvalue weighted by molar-refractivity contribution is -0.117. The Balaban J connectivity index is 1.59. The first-order valence-corrected chi connectivity index (χ1v) is 12.7. The number of aliphatic imine (C=N–C) groups is 1. The van der Waals surface area contributed by atoms with Crippen molar-refractivity contribution in [1.29, 1.82) is 0 Å². The van der Waals surface area contributed by atoms with Crippen LogP contribution >= 0.6 is 11.8 Å². The molecule has 2 saturated heterocycles. The molecular weight excluding hydrogens is 436 g/mol.